The van der Waals surface area contributed by atoms with Crippen LogP contribution in [0.2, 0.25) is 0 Å². The number of nitrogens with zero attached hydrogens (tertiary/aromatic N) is 3. The summed E-state index contributed by atoms with van der Waals surface area (Å²) in [6.45, 7) is 1.55. The van der Waals surface area contributed by atoms with Crippen molar-refractivity contribution in [1.82, 2.24) is 15.2 Å². The second-order valence-corrected chi connectivity index (χ2v) is 7.30. The standard InChI is InChI=1S/C21H18F3N5O3S/c1-11(26-27-20(33)25-15-5-3-4-13(10-15)19(31)32)16-18(30)17(29(2)28-16)12-6-8-14(9-7-12)21(22,23)24/h3-10,30H,1-2H3,(H,31,32)(H2,25,27,33). The first-order chi connectivity index (χ1) is 15.5. The lowest BCUT2D eigenvalue weighted by Gasteiger charge is -2.08. The molecule has 1 heterocycles. The van der Waals surface area contributed by atoms with E-state index >= 15 is 0 Å². The fourth-order valence-electron chi connectivity index (χ4n) is 2.97. The third-order valence-corrected chi connectivity index (χ3v) is 4.74. The van der Waals surface area contributed by atoms with Crippen molar-refractivity contribution in [1.29, 1.82) is 0 Å². The molecule has 2 aromatic carbocycles. The van der Waals surface area contributed by atoms with Gasteiger partial charge in [0.25, 0.3) is 0 Å². The molecule has 3 rings (SSSR count). The molecule has 0 fully saturated rings. The lowest BCUT2D eigenvalue weighted by molar-refractivity contribution is -0.137. The fraction of sp³-hybridized carbons (Fsp3) is 0.143. The molecule has 0 unspecified atom stereocenters. The molecule has 0 saturated carbocycles. The molecule has 8 nitrogen and oxygen atoms in total. The molecule has 0 radical (unpaired) electrons. The molecule has 0 bridgehead atoms. The summed E-state index contributed by atoms with van der Waals surface area (Å²) in [4.78, 5) is 11.1. The van der Waals surface area contributed by atoms with E-state index in [-0.39, 0.29) is 33.5 Å². The van der Waals surface area contributed by atoms with Gasteiger partial charge in [-0.2, -0.15) is 23.4 Å². The predicted octanol–water partition coefficient (Wildman–Crippen LogP) is 4.22. The average Bonchev–Trinajstić information content (AvgIpc) is 3.05. The Kier molecular flexibility index (Phi) is 6.68. The molecular weight excluding hydrogens is 459 g/mol. The molecule has 0 spiro atoms. The Balaban J connectivity index is 1.76. The van der Waals surface area contributed by atoms with Gasteiger partial charge in [0, 0.05) is 18.3 Å². The number of hydrogen-bond donors (Lipinski definition) is 4. The molecule has 0 aliphatic carbocycles. The largest absolute Gasteiger partial charge is 0.504 e. The average molecular weight is 477 g/mol. The van der Waals surface area contributed by atoms with Crippen LogP contribution in [0.3, 0.4) is 0 Å². The zero-order chi connectivity index (χ0) is 24.3. The second-order valence-electron chi connectivity index (χ2n) is 6.89. The van der Waals surface area contributed by atoms with E-state index in [0.29, 0.717) is 11.3 Å². The third kappa shape index (κ3) is 5.47. The summed E-state index contributed by atoms with van der Waals surface area (Å²) in [6.07, 6.45) is -4.46. The van der Waals surface area contributed by atoms with Crippen molar-refractivity contribution >= 4 is 34.7 Å². The van der Waals surface area contributed by atoms with Gasteiger partial charge >= 0.3 is 12.1 Å². The SMILES string of the molecule is CC(=NNC(=S)Nc1cccc(C(=O)O)c1)c1nn(C)c(-c2ccc(C(F)(F)F)cc2)c1O. The molecule has 33 heavy (non-hydrogen) atoms. The number of carbonyl (C=O) groups is 1. The van der Waals surface area contributed by atoms with Gasteiger partial charge in [0.2, 0.25) is 0 Å². The molecule has 4 N–H and O–H groups in total. The Bertz CT molecular complexity index is 1240. The number of aromatic carboxylic acids is 1. The molecular formula is C21H18F3N5O3S. The highest BCUT2D eigenvalue weighted by Gasteiger charge is 2.30. The fourth-order valence-corrected chi connectivity index (χ4v) is 3.14. The number of halogens is 3. The number of benzene rings is 2. The number of hydrazone groups is 1. The maximum Gasteiger partial charge on any atom is 0.416 e. The van der Waals surface area contributed by atoms with Gasteiger partial charge in [0.1, 0.15) is 5.69 Å². The lowest BCUT2D eigenvalue weighted by atomic mass is 10.1. The summed E-state index contributed by atoms with van der Waals surface area (Å²) in [5, 5.41) is 30.8. The van der Waals surface area contributed by atoms with E-state index in [0.717, 1.165) is 12.1 Å². The van der Waals surface area contributed by atoms with Crippen LogP contribution in [0.25, 0.3) is 11.3 Å². The van der Waals surface area contributed by atoms with Crippen LogP contribution in [0.4, 0.5) is 18.9 Å². The highest BCUT2D eigenvalue weighted by Crippen LogP contribution is 2.35. The van der Waals surface area contributed by atoms with Gasteiger partial charge in [-0.1, -0.05) is 18.2 Å². The van der Waals surface area contributed by atoms with Crippen molar-refractivity contribution in [2.75, 3.05) is 5.32 Å². The monoisotopic (exact) mass is 477 g/mol. The number of hydrogen-bond acceptors (Lipinski definition) is 5. The number of thiocarbonyl (C=S) groups is 1. The molecule has 0 amide bonds. The molecule has 12 heteroatoms. The number of carboxylic acids is 1. The van der Waals surface area contributed by atoms with Crippen LogP contribution in [0.15, 0.2) is 53.6 Å². The first-order valence-corrected chi connectivity index (χ1v) is 9.77. The van der Waals surface area contributed by atoms with Crippen LogP contribution in [-0.4, -0.2) is 36.8 Å². The van der Waals surface area contributed by atoms with Crippen LogP contribution in [-0.2, 0) is 13.2 Å². The van der Waals surface area contributed by atoms with Gasteiger partial charge in [0.15, 0.2) is 16.6 Å². The number of anilines is 1. The molecule has 0 aliphatic heterocycles. The van der Waals surface area contributed by atoms with Gasteiger partial charge in [-0.25, -0.2) is 4.79 Å². The van der Waals surface area contributed by atoms with Gasteiger partial charge in [-0.15, -0.1) is 0 Å². The third-order valence-electron chi connectivity index (χ3n) is 4.54. The van der Waals surface area contributed by atoms with Crippen LogP contribution < -0.4 is 10.7 Å². The highest BCUT2D eigenvalue weighted by molar-refractivity contribution is 7.80. The van der Waals surface area contributed by atoms with Crippen LogP contribution >= 0.6 is 12.2 Å². The predicted molar refractivity (Wildman–Crippen MR) is 120 cm³/mol. The summed E-state index contributed by atoms with van der Waals surface area (Å²) < 4.78 is 39.7. The van der Waals surface area contributed by atoms with Gasteiger partial charge in [0.05, 0.1) is 16.8 Å². The van der Waals surface area contributed by atoms with Crippen molar-refractivity contribution in [3.05, 3.63) is 65.4 Å². The first kappa shape index (κ1) is 23.7. The summed E-state index contributed by atoms with van der Waals surface area (Å²) in [5.74, 6) is -1.34. The van der Waals surface area contributed by atoms with Gasteiger partial charge in [-0.05, 0) is 49.5 Å². The second kappa shape index (κ2) is 9.28. The topological polar surface area (TPSA) is 112 Å². The minimum Gasteiger partial charge on any atom is -0.504 e. The van der Waals surface area contributed by atoms with E-state index in [9.17, 15) is 23.1 Å². The van der Waals surface area contributed by atoms with Crippen molar-refractivity contribution in [3.8, 4) is 17.0 Å². The number of rotatable bonds is 5. The van der Waals surface area contributed by atoms with E-state index in [4.69, 9.17) is 17.3 Å². The van der Waals surface area contributed by atoms with E-state index in [1.165, 1.54) is 28.9 Å². The van der Waals surface area contributed by atoms with Gasteiger partial charge in [-0.3, -0.25) is 10.1 Å². The van der Waals surface area contributed by atoms with Crippen molar-refractivity contribution in [2.24, 2.45) is 12.1 Å². The maximum absolute atomic E-state index is 12.8. The molecule has 3 aromatic rings. The van der Waals surface area contributed by atoms with Crippen LogP contribution in [0, 0.1) is 0 Å². The Hall–Kier alpha value is -3.93. The quantitative estimate of drug-likeness (QED) is 0.247. The highest BCUT2D eigenvalue weighted by atomic mass is 32.1. The summed E-state index contributed by atoms with van der Waals surface area (Å²) in [7, 11) is 1.54. The first-order valence-electron chi connectivity index (χ1n) is 9.36. The number of alkyl halides is 3. The lowest BCUT2D eigenvalue weighted by Crippen LogP contribution is -2.25. The van der Waals surface area contributed by atoms with Crippen LogP contribution in [0.1, 0.15) is 28.5 Å². The molecule has 0 aliphatic rings. The Labute approximate surface area is 191 Å². The smallest absolute Gasteiger partial charge is 0.416 e. The van der Waals surface area contributed by atoms with Crippen molar-refractivity contribution in [2.45, 2.75) is 13.1 Å². The molecule has 172 valence electrons. The Morgan fingerprint density at radius 1 is 1.18 bits per heavy atom. The molecule has 0 atom stereocenters. The zero-order valence-corrected chi connectivity index (χ0v) is 18.1. The van der Waals surface area contributed by atoms with Gasteiger partial charge < -0.3 is 15.5 Å². The minimum absolute atomic E-state index is 0.0651. The normalized spacial score (nSPS) is 11.8. The van der Waals surface area contributed by atoms with Crippen molar-refractivity contribution < 1.29 is 28.2 Å². The molecule has 1 aromatic heterocycles. The summed E-state index contributed by atoms with van der Waals surface area (Å²) in [5.41, 5.74) is 3.22. The number of carboxylic acid groups (broad SMARTS) is 1. The summed E-state index contributed by atoms with van der Waals surface area (Å²) in [6, 6.07) is 10.4. The zero-order valence-electron chi connectivity index (χ0n) is 17.3. The molecule has 0 saturated heterocycles. The number of aryl methyl sites for hydroxylation is 1. The Morgan fingerprint density at radius 2 is 1.85 bits per heavy atom. The number of aromatic nitrogens is 2. The maximum atomic E-state index is 12.8. The number of aromatic hydroxyl groups is 1. The van der Waals surface area contributed by atoms with E-state index in [1.807, 2.05) is 0 Å². The summed E-state index contributed by atoms with van der Waals surface area (Å²) >= 11 is 5.14. The van der Waals surface area contributed by atoms with E-state index in [2.05, 4.69) is 20.9 Å². The Morgan fingerprint density at radius 3 is 2.45 bits per heavy atom. The van der Waals surface area contributed by atoms with Crippen molar-refractivity contribution in [3.63, 3.8) is 0 Å². The minimum atomic E-state index is -4.46. The van der Waals surface area contributed by atoms with E-state index < -0.39 is 17.7 Å². The van der Waals surface area contributed by atoms with Crippen LogP contribution in [0.5, 0.6) is 5.75 Å². The number of nitrogens with one attached hydrogen (secondary N) is 2. The van der Waals surface area contributed by atoms with E-state index in [1.54, 1.807) is 26.1 Å².